The Morgan fingerprint density at radius 2 is 1.69 bits per heavy atom. The second-order valence-electron chi connectivity index (χ2n) is 9.13. The summed E-state index contributed by atoms with van der Waals surface area (Å²) >= 11 is 0. The average Bonchev–Trinajstić information content (AvgIpc) is 2.87. The Labute approximate surface area is 205 Å². The molecule has 2 aromatic rings. The Bertz CT molecular complexity index is 1440. The first-order valence-electron chi connectivity index (χ1n) is 11.8. The van der Waals surface area contributed by atoms with Crippen molar-refractivity contribution in [1.82, 2.24) is 9.88 Å². The van der Waals surface area contributed by atoms with Gasteiger partial charge in [-0.05, 0) is 55.3 Å². The maximum absolute atomic E-state index is 13.3. The molecule has 5 rings (SSSR count). The van der Waals surface area contributed by atoms with Gasteiger partial charge in [-0.25, -0.2) is 4.98 Å². The molecule has 0 saturated carbocycles. The minimum atomic E-state index is -4.52. The van der Waals surface area contributed by atoms with Gasteiger partial charge in [-0.2, -0.15) is 13.2 Å². The fourth-order valence-corrected chi connectivity index (χ4v) is 4.73. The molecule has 1 N–H and O–H groups in total. The summed E-state index contributed by atoms with van der Waals surface area (Å²) in [5.41, 5.74) is 2.73. The summed E-state index contributed by atoms with van der Waals surface area (Å²) in [6.07, 6.45) is -4.52. The van der Waals surface area contributed by atoms with Gasteiger partial charge in [-0.1, -0.05) is 12.1 Å². The van der Waals surface area contributed by atoms with Gasteiger partial charge in [0.1, 0.15) is 11.2 Å². The molecule has 0 amide bonds. The summed E-state index contributed by atoms with van der Waals surface area (Å²) in [7, 11) is 0. The lowest BCUT2D eigenvalue weighted by Crippen LogP contribution is -2.47. The number of nitrogens with zero attached hydrogens (tertiary/aromatic N) is 3. The van der Waals surface area contributed by atoms with E-state index in [1.54, 1.807) is 13.8 Å². The number of aliphatic hydroxyl groups is 1. The van der Waals surface area contributed by atoms with Crippen LogP contribution < -0.4 is 10.3 Å². The Morgan fingerprint density at radius 3 is 2.33 bits per heavy atom. The number of hydrogen-bond donors (Lipinski definition) is 1. The summed E-state index contributed by atoms with van der Waals surface area (Å²) < 4.78 is 45.8. The molecular formula is C27H26F3N3O3. The zero-order valence-electron chi connectivity index (χ0n) is 20.0. The highest BCUT2D eigenvalue weighted by molar-refractivity contribution is 5.86. The molecule has 0 aromatic heterocycles. The largest absolute Gasteiger partial charge is 0.452 e. The highest BCUT2D eigenvalue weighted by atomic mass is 19.4. The topological polar surface area (TPSA) is 69.8 Å². The fraction of sp³-hybridized carbons (Fsp3) is 0.333. The van der Waals surface area contributed by atoms with Crippen molar-refractivity contribution in [1.29, 1.82) is 0 Å². The fourth-order valence-electron chi connectivity index (χ4n) is 4.73. The third kappa shape index (κ3) is 4.33. The van der Waals surface area contributed by atoms with Gasteiger partial charge in [-0.15, -0.1) is 0 Å². The Morgan fingerprint density at radius 1 is 1.00 bits per heavy atom. The molecule has 6 nitrogen and oxygen atoms in total. The average molecular weight is 498 g/mol. The highest BCUT2D eigenvalue weighted by Gasteiger charge is 2.31. The second-order valence-corrected chi connectivity index (χ2v) is 9.13. The van der Waals surface area contributed by atoms with Crippen molar-refractivity contribution in [2.75, 3.05) is 44.2 Å². The van der Waals surface area contributed by atoms with Gasteiger partial charge in [-0.3, -0.25) is 9.69 Å². The van der Waals surface area contributed by atoms with E-state index in [1.807, 2.05) is 24.3 Å². The SMILES string of the molecule is Cc1c2nc3ccc(C(F)(F)F)cc3oc-2c(-c2ccc(N3CCN(CCO)CC3)cc2)c(=O)c1C. The Balaban J connectivity index is 1.58. The normalized spacial score (nSPS) is 15.2. The van der Waals surface area contributed by atoms with Crippen LogP contribution in [0.5, 0.6) is 0 Å². The van der Waals surface area contributed by atoms with Crippen LogP contribution in [0.15, 0.2) is 51.7 Å². The minimum Gasteiger partial charge on any atom is -0.452 e. The number of anilines is 1. The maximum atomic E-state index is 13.3. The van der Waals surface area contributed by atoms with Crippen LogP contribution in [0, 0.1) is 13.8 Å². The molecule has 0 bridgehead atoms. The summed E-state index contributed by atoms with van der Waals surface area (Å²) in [5, 5.41) is 9.14. The number of hydrogen-bond acceptors (Lipinski definition) is 6. The van der Waals surface area contributed by atoms with Crippen LogP contribution in [0.4, 0.5) is 18.9 Å². The summed E-state index contributed by atoms with van der Waals surface area (Å²) in [5.74, 6) is 0.181. The van der Waals surface area contributed by atoms with E-state index in [4.69, 9.17) is 9.52 Å². The second kappa shape index (κ2) is 9.22. The van der Waals surface area contributed by atoms with E-state index in [1.165, 1.54) is 6.07 Å². The van der Waals surface area contributed by atoms with Crippen molar-refractivity contribution in [2.24, 2.45) is 0 Å². The van der Waals surface area contributed by atoms with Crippen molar-refractivity contribution in [2.45, 2.75) is 20.0 Å². The zero-order valence-corrected chi connectivity index (χ0v) is 20.0. The number of β-amino-alcohol motifs (C(OH)–C–C–N with tert-alkyl or cyclic N) is 1. The molecule has 1 fully saturated rings. The van der Waals surface area contributed by atoms with E-state index in [0.717, 1.165) is 44.0 Å². The van der Waals surface area contributed by atoms with Crippen LogP contribution in [0.2, 0.25) is 0 Å². The minimum absolute atomic E-state index is 0.0291. The number of halogens is 3. The van der Waals surface area contributed by atoms with Crippen molar-refractivity contribution in [3.05, 3.63) is 69.4 Å². The molecular weight excluding hydrogens is 471 g/mol. The van der Waals surface area contributed by atoms with Gasteiger partial charge in [0, 0.05) is 44.0 Å². The summed E-state index contributed by atoms with van der Waals surface area (Å²) in [6.45, 7) is 7.65. The van der Waals surface area contributed by atoms with Gasteiger partial charge in [0.2, 0.25) is 0 Å². The number of fused-ring (bicyclic) bond motifs is 2. The lowest BCUT2D eigenvalue weighted by Gasteiger charge is -2.35. The third-order valence-corrected chi connectivity index (χ3v) is 6.97. The van der Waals surface area contributed by atoms with Gasteiger partial charge < -0.3 is 14.4 Å². The van der Waals surface area contributed by atoms with E-state index >= 15 is 0 Å². The number of alkyl halides is 3. The van der Waals surface area contributed by atoms with Crippen LogP contribution in [-0.2, 0) is 6.18 Å². The lowest BCUT2D eigenvalue weighted by atomic mass is 9.93. The number of benzene rings is 3. The molecule has 3 aliphatic rings. The summed E-state index contributed by atoms with van der Waals surface area (Å²) in [6, 6.07) is 10.7. The smallest absolute Gasteiger partial charge is 0.416 e. The maximum Gasteiger partial charge on any atom is 0.416 e. The quantitative estimate of drug-likeness (QED) is 0.412. The molecule has 2 aliphatic heterocycles. The van der Waals surface area contributed by atoms with Crippen LogP contribution >= 0.6 is 0 Å². The number of aromatic nitrogens is 1. The van der Waals surface area contributed by atoms with Crippen LogP contribution in [0.3, 0.4) is 0 Å². The molecule has 0 atom stereocenters. The molecule has 1 aliphatic carbocycles. The Hall–Kier alpha value is -3.43. The van der Waals surface area contributed by atoms with Gasteiger partial charge in [0.25, 0.3) is 0 Å². The van der Waals surface area contributed by atoms with E-state index < -0.39 is 11.7 Å². The molecule has 2 heterocycles. The molecule has 0 unspecified atom stereocenters. The molecule has 2 aromatic carbocycles. The number of piperazine rings is 1. The monoisotopic (exact) mass is 497 g/mol. The van der Waals surface area contributed by atoms with E-state index in [9.17, 15) is 18.0 Å². The van der Waals surface area contributed by atoms with E-state index in [0.29, 0.717) is 40.0 Å². The van der Waals surface area contributed by atoms with E-state index in [2.05, 4.69) is 14.8 Å². The third-order valence-electron chi connectivity index (χ3n) is 6.97. The predicted octanol–water partition coefficient (Wildman–Crippen LogP) is 4.71. The van der Waals surface area contributed by atoms with Gasteiger partial charge in [0.15, 0.2) is 16.8 Å². The van der Waals surface area contributed by atoms with E-state index in [-0.39, 0.29) is 23.4 Å². The molecule has 0 radical (unpaired) electrons. The van der Waals surface area contributed by atoms with Crippen LogP contribution in [0.1, 0.15) is 16.7 Å². The van der Waals surface area contributed by atoms with Crippen LogP contribution in [-0.4, -0.2) is 54.3 Å². The van der Waals surface area contributed by atoms with Crippen molar-refractivity contribution < 1.29 is 22.7 Å². The van der Waals surface area contributed by atoms with Crippen molar-refractivity contribution >= 4 is 16.8 Å². The van der Waals surface area contributed by atoms with Gasteiger partial charge in [0.05, 0.1) is 17.7 Å². The molecule has 1 saturated heterocycles. The summed E-state index contributed by atoms with van der Waals surface area (Å²) in [4.78, 5) is 22.4. The molecule has 188 valence electrons. The number of rotatable bonds is 4. The molecule has 0 spiro atoms. The number of aliphatic hydroxyl groups excluding tert-OH is 1. The lowest BCUT2D eigenvalue weighted by molar-refractivity contribution is -0.137. The van der Waals surface area contributed by atoms with Crippen LogP contribution in [0.25, 0.3) is 33.7 Å². The molecule has 36 heavy (non-hydrogen) atoms. The zero-order chi connectivity index (χ0) is 25.6. The standard InChI is InChI=1S/C27H26F3N3O3/c1-16-17(2)25(35)23(18-3-6-20(7-4-18)33-11-9-32(10-12-33)13-14-34)26-24(16)31-21-8-5-19(27(28,29)30)15-22(21)36-26/h3-8,15,34H,9-14H2,1-2H3. The Kier molecular flexibility index (Phi) is 6.22. The first kappa shape index (κ1) is 24.3. The predicted molar refractivity (Wildman–Crippen MR) is 133 cm³/mol. The first-order valence-corrected chi connectivity index (χ1v) is 11.8. The van der Waals surface area contributed by atoms with Crippen molar-refractivity contribution in [3.8, 4) is 22.6 Å². The molecule has 9 heteroatoms. The highest BCUT2D eigenvalue weighted by Crippen LogP contribution is 2.38. The van der Waals surface area contributed by atoms with Gasteiger partial charge >= 0.3 is 6.18 Å². The first-order chi connectivity index (χ1) is 17.2. The van der Waals surface area contributed by atoms with Crippen molar-refractivity contribution in [3.63, 3.8) is 0 Å².